The van der Waals surface area contributed by atoms with Gasteiger partial charge in [0.2, 0.25) is 0 Å². The molecule has 7 heteroatoms. The molecule has 4 rings (SSSR count). The number of benzene rings is 2. The van der Waals surface area contributed by atoms with E-state index in [1.807, 2.05) is 112 Å². The molecule has 0 unspecified atom stereocenters. The molecule has 1 aliphatic heterocycles. The van der Waals surface area contributed by atoms with Crippen molar-refractivity contribution < 1.29 is 18.8 Å². The van der Waals surface area contributed by atoms with Crippen molar-refractivity contribution >= 4 is 24.3 Å². The van der Waals surface area contributed by atoms with E-state index in [-0.39, 0.29) is 5.91 Å². The SMILES string of the molecule is CCCN(C(=O)c1cc(B2OC(C)(C)C(C)(C)O2)n(C)c1C)c1ccc(OCc2ccccc2)cc1. The van der Waals surface area contributed by atoms with Gasteiger partial charge in [0.25, 0.3) is 5.91 Å². The standard InChI is InChI=1S/C29H37BN2O4/c1-8-18-32(23-14-16-24(17-15-23)34-20-22-12-10-9-11-13-22)27(33)25-19-26(31(7)21(25)2)30-35-28(3,4)29(5,6)36-30/h9-17,19H,8,18,20H2,1-7H3. The van der Waals surface area contributed by atoms with Crippen LogP contribution < -0.4 is 15.2 Å². The van der Waals surface area contributed by atoms with Gasteiger partial charge in [0.15, 0.2) is 0 Å². The van der Waals surface area contributed by atoms with E-state index in [9.17, 15) is 4.79 Å². The van der Waals surface area contributed by atoms with E-state index >= 15 is 0 Å². The van der Waals surface area contributed by atoms with Crippen molar-refractivity contribution in [2.24, 2.45) is 7.05 Å². The van der Waals surface area contributed by atoms with Crippen molar-refractivity contribution in [2.75, 3.05) is 11.4 Å². The van der Waals surface area contributed by atoms with Crippen LogP contribution >= 0.6 is 0 Å². The summed E-state index contributed by atoms with van der Waals surface area (Å²) in [6.07, 6.45) is 0.841. The Bertz CT molecular complexity index is 1190. The molecule has 0 radical (unpaired) electrons. The Morgan fingerprint density at radius 1 is 1.00 bits per heavy atom. The molecule has 3 aromatic rings. The molecule has 0 saturated carbocycles. The lowest BCUT2D eigenvalue weighted by Gasteiger charge is -2.32. The molecular formula is C29H37BN2O4. The van der Waals surface area contributed by atoms with Crippen LogP contribution in [0.15, 0.2) is 60.7 Å². The van der Waals surface area contributed by atoms with E-state index in [2.05, 4.69) is 6.92 Å². The van der Waals surface area contributed by atoms with Gasteiger partial charge in [-0.3, -0.25) is 4.79 Å². The van der Waals surface area contributed by atoms with Gasteiger partial charge in [0, 0.05) is 30.6 Å². The molecule has 1 amide bonds. The van der Waals surface area contributed by atoms with Gasteiger partial charge in [-0.1, -0.05) is 37.3 Å². The van der Waals surface area contributed by atoms with Crippen LogP contribution in [-0.2, 0) is 23.0 Å². The van der Waals surface area contributed by atoms with Crippen molar-refractivity contribution in [1.82, 2.24) is 4.57 Å². The Morgan fingerprint density at radius 3 is 2.19 bits per heavy atom. The minimum Gasteiger partial charge on any atom is -0.489 e. The number of aromatic nitrogens is 1. The number of anilines is 1. The molecule has 1 saturated heterocycles. The second-order valence-corrected chi connectivity index (χ2v) is 10.4. The Balaban J connectivity index is 1.54. The predicted molar refractivity (Wildman–Crippen MR) is 145 cm³/mol. The molecule has 6 nitrogen and oxygen atoms in total. The lowest BCUT2D eigenvalue weighted by Crippen LogP contribution is -2.41. The molecule has 2 aromatic carbocycles. The fourth-order valence-corrected chi connectivity index (χ4v) is 4.31. The average Bonchev–Trinajstić information content (AvgIpc) is 3.27. The highest BCUT2D eigenvalue weighted by Crippen LogP contribution is 2.36. The van der Waals surface area contributed by atoms with E-state index in [0.29, 0.717) is 18.7 Å². The second-order valence-electron chi connectivity index (χ2n) is 10.4. The molecule has 1 aromatic heterocycles. The monoisotopic (exact) mass is 488 g/mol. The maximum Gasteiger partial charge on any atom is 0.512 e. The number of rotatable bonds is 8. The quantitative estimate of drug-likeness (QED) is 0.406. The summed E-state index contributed by atoms with van der Waals surface area (Å²) in [4.78, 5) is 15.6. The number of carbonyl (C=O) groups is 1. The van der Waals surface area contributed by atoms with Crippen LogP contribution in [0, 0.1) is 6.92 Å². The summed E-state index contributed by atoms with van der Waals surface area (Å²) in [6.45, 7) is 13.3. The van der Waals surface area contributed by atoms with Crippen molar-refractivity contribution in [3.8, 4) is 5.75 Å². The normalized spacial score (nSPS) is 16.2. The van der Waals surface area contributed by atoms with Crippen molar-refractivity contribution in [3.05, 3.63) is 77.5 Å². The number of ether oxygens (including phenoxy) is 1. The summed E-state index contributed by atoms with van der Waals surface area (Å²) in [6, 6.07) is 19.7. The highest BCUT2D eigenvalue weighted by molar-refractivity contribution is 6.61. The van der Waals surface area contributed by atoms with E-state index < -0.39 is 18.3 Å². The van der Waals surface area contributed by atoms with Gasteiger partial charge >= 0.3 is 7.12 Å². The number of amides is 1. The highest BCUT2D eigenvalue weighted by Gasteiger charge is 2.52. The van der Waals surface area contributed by atoms with Crippen molar-refractivity contribution in [2.45, 2.75) is 65.8 Å². The molecule has 0 atom stereocenters. The van der Waals surface area contributed by atoms with Gasteiger partial charge in [-0.05, 0) is 76.9 Å². The first kappa shape index (κ1) is 26.0. The minimum atomic E-state index is -0.527. The molecule has 0 spiro atoms. The lowest BCUT2D eigenvalue weighted by molar-refractivity contribution is 0.00578. The molecule has 2 heterocycles. The fraction of sp³-hybridized carbons (Fsp3) is 0.414. The summed E-state index contributed by atoms with van der Waals surface area (Å²) < 4.78 is 20.4. The first-order chi connectivity index (χ1) is 17.0. The average molecular weight is 488 g/mol. The number of hydrogen-bond donors (Lipinski definition) is 0. The van der Waals surface area contributed by atoms with Gasteiger partial charge in [-0.25, -0.2) is 0 Å². The summed E-state index contributed by atoms with van der Waals surface area (Å²) in [5.74, 6) is 0.733. The minimum absolute atomic E-state index is 0.0364. The summed E-state index contributed by atoms with van der Waals surface area (Å²) in [5, 5.41) is 0. The number of nitrogens with zero attached hydrogens (tertiary/aromatic N) is 2. The van der Waals surface area contributed by atoms with Gasteiger partial charge in [-0.2, -0.15) is 0 Å². The molecule has 190 valence electrons. The van der Waals surface area contributed by atoms with Crippen LogP contribution in [0.25, 0.3) is 0 Å². The zero-order valence-electron chi connectivity index (χ0n) is 22.5. The predicted octanol–water partition coefficient (Wildman–Crippen LogP) is 5.27. The summed E-state index contributed by atoms with van der Waals surface area (Å²) >= 11 is 0. The van der Waals surface area contributed by atoms with E-state index in [1.54, 1.807) is 0 Å². The Kier molecular flexibility index (Phi) is 7.35. The van der Waals surface area contributed by atoms with Crippen LogP contribution in [0.3, 0.4) is 0 Å². The van der Waals surface area contributed by atoms with Crippen molar-refractivity contribution in [3.63, 3.8) is 0 Å². The zero-order chi connectivity index (χ0) is 26.1. The van der Waals surface area contributed by atoms with Crippen LogP contribution in [0.4, 0.5) is 5.69 Å². The molecule has 0 N–H and O–H groups in total. The van der Waals surface area contributed by atoms with Crippen LogP contribution in [0.1, 0.15) is 62.7 Å². The van der Waals surface area contributed by atoms with Crippen LogP contribution in [0.5, 0.6) is 5.75 Å². The molecule has 36 heavy (non-hydrogen) atoms. The lowest BCUT2D eigenvalue weighted by atomic mass is 9.84. The van der Waals surface area contributed by atoms with Gasteiger partial charge in [-0.15, -0.1) is 0 Å². The third-order valence-electron chi connectivity index (χ3n) is 7.39. The van der Waals surface area contributed by atoms with Gasteiger partial charge < -0.3 is 23.5 Å². The summed E-state index contributed by atoms with van der Waals surface area (Å²) in [5.41, 5.74) is 3.44. The van der Waals surface area contributed by atoms with E-state index in [1.165, 1.54) is 0 Å². The third-order valence-corrected chi connectivity index (χ3v) is 7.39. The number of carbonyl (C=O) groups excluding carboxylic acids is 1. The Labute approximate surface area is 215 Å². The third kappa shape index (κ3) is 5.09. The maximum atomic E-state index is 13.8. The smallest absolute Gasteiger partial charge is 0.489 e. The maximum absolute atomic E-state index is 13.8. The van der Waals surface area contributed by atoms with Crippen LogP contribution in [0.2, 0.25) is 0 Å². The first-order valence-electron chi connectivity index (χ1n) is 12.6. The molecule has 1 aliphatic rings. The molecule has 0 bridgehead atoms. The topological polar surface area (TPSA) is 52.9 Å². The fourth-order valence-electron chi connectivity index (χ4n) is 4.31. The van der Waals surface area contributed by atoms with Gasteiger partial charge in [0.1, 0.15) is 12.4 Å². The molecular weight excluding hydrogens is 451 g/mol. The highest BCUT2D eigenvalue weighted by atomic mass is 16.7. The van der Waals surface area contributed by atoms with E-state index in [4.69, 9.17) is 14.0 Å². The number of hydrogen-bond acceptors (Lipinski definition) is 4. The van der Waals surface area contributed by atoms with E-state index in [0.717, 1.165) is 34.7 Å². The summed E-state index contributed by atoms with van der Waals surface area (Å²) in [7, 11) is 1.43. The first-order valence-corrected chi connectivity index (χ1v) is 12.6. The molecule has 1 fully saturated rings. The second kappa shape index (κ2) is 10.2. The Hall–Kier alpha value is -3.03. The largest absolute Gasteiger partial charge is 0.512 e. The van der Waals surface area contributed by atoms with Gasteiger partial charge in [0.05, 0.1) is 16.8 Å². The van der Waals surface area contributed by atoms with Crippen LogP contribution in [-0.4, -0.2) is 35.3 Å². The van der Waals surface area contributed by atoms with Crippen molar-refractivity contribution in [1.29, 1.82) is 0 Å². The molecule has 0 aliphatic carbocycles. The zero-order valence-corrected chi connectivity index (χ0v) is 22.5. The Morgan fingerprint density at radius 2 is 1.61 bits per heavy atom.